The van der Waals surface area contributed by atoms with Crippen LogP contribution in [0, 0.1) is 0 Å². The van der Waals surface area contributed by atoms with Crippen LogP contribution in [0.25, 0.3) is 0 Å². The Labute approximate surface area is 88.8 Å². The Morgan fingerprint density at radius 2 is 1.56 bits per heavy atom. The number of benzene rings is 1. The van der Waals surface area contributed by atoms with Crippen LogP contribution in [-0.2, 0) is 4.74 Å². The highest BCUT2D eigenvalue weighted by molar-refractivity contribution is 5.93. The number of methoxy groups -OCH3 is 1. The molecule has 0 amide bonds. The monoisotopic (exact) mass is 236 g/mol. The van der Waals surface area contributed by atoms with Gasteiger partial charge in [0.25, 0.3) is 12.9 Å². The highest BCUT2D eigenvalue weighted by Crippen LogP contribution is 2.31. The number of hydrogen-bond donors (Lipinski definition) is 0. The van der Waals surface area contributed by atoms with Crippen molar-refractivity contribution < 1.29 is 27.1 Å². The number of halogens is 4. The van der Waals surface area contributed by atoms with Gasteiger partial charge in [0.15, 0.2) is 0 Å². The highest BCUT2D eigenvalue weighted by atomic mass is 19.3. The second-order valence-electron chi connectivity index (χ2n) is 2.90. The zero-order valence-electron chi connectivity index (χ0n) is 8.22. The zero-order chi connectivity index (χ0) is 12.3. The molecular weight excluding hydrogens is 228 g/mol. The van der Waals surface area contributed by atoms with E-state index in [4.69, 9.17) is 0 Å². The van der Waals surface area contributed by atoms with Crippen LogP contribution in [0.3, 0.4) is 0 Å². The fraction of sp³-hybridized carbons (Fsp3) is 0.300. The van der Waals surface area contributed by atoms with Gasteiger partial charge in [-0.05, 0) is 0 Å². The van der Waals surface area contributed by atoms with Gasteiger partial charge in [-0.3, -0.25) is 0 Å². The molecule has 0 aliphatic rings. The summed E-state index contributed by atoms with van der Waals surface area (Å²) in [6, 6.07) is 2.89. The molecule has 16 heavy (non-hydrogen) atoms. The predicted molar refractivity (Wildman–Crippen MR) is 47.7 cm³/mol. The largest absolute Gasteiger partial charge is 0.465 e. The van der Waals surface area contributed by atoms with Crippen molar-refractivity contribution >= 4 is 5.97 Å². The SMILES string of the molecule is COC(=O)c1c(C(F)F)cccc1C(F)F. The normalized spacial score (nSPS) is 10.9. The molecule has 0 aromatic heterocycles. The lowest BCUT2D eigenvalue weighted by molar-refractivity contribution is 0.0576. The minimum Gasteiger partial charge on any atom is -0.465 e. The Kier molecular flexibility index (Phi) is 3.87. The molecule has 0 aliphatic heterocycles. The first-order valence-corrected chi connectivity index (χ1v) is 4.26. The van der Waals surface area contributed by atoms with Crippen LogP contribution in [-0.4, -0.2) is 13.1 Å². The number of alkyl halides is 4. The maximum absolute atomic E-state index is 12.5. The number of hydrogen-bond acceptors (Lipinski definition) is 2. The average Bonchev–Trinajstić information content (AvgIpc) is 2.26. The number of carbonyl (C=O) groups is 1. The van der Waals surface area contributed by atoms with Gasteiger partial charge in [-0.15, -0.1) is 0 Å². The fourth-order valence-electron chi connectivity index (χ4n) is 1.29. The minimum absolute atomic E-state index is 0.746. The Hall–Kier alpha value is -1.59. The standard InChI is InChI=1S/C10H8F4O2/c1-16-10(15)7-5(8(11)12)3-2-4-6(7)9(13)14/h2-4,8-9H,1H3. The van der Waals surface area contributed by atoms with Gasteiger partial charge >= 0.3 is 5.97 Å². The number of carbonyl (C=O) groups excluding carboxylic acids is 1. The van der Waals surface area contributed by atoms with Crippen molar-refractivity contribution in [2.24, 2.45) is 0 Å². The van der Waals surface area contributed by atoms with Crippen molar-refractivity contribution in [1.29, 1.82) is 0 Å². The summed E-state index contributed by atoms with van der Waals surface area (Å²) in [6.45, 7) is 0. The molecule has 2 nitrogen and oxygen atoms in total. The lowest BCUT2D eigenvalue weighted by Gasteiger charge is -2.11. The molecule has 0 aliphatic carbocycles. The quantitative estimate of drug-likeness (QED) is 0.594. The van der Waals surface area contributed by atoms with Crippen LogP contribution in [0.5, 0.6) is 0 Å². The first-order valence-electron chi connectivity index (χ1n) is 4.26. The molecule has 1 aromatic carbocycles. The van der Waals surface area contributed by atoms with E-state index in [2.05, 4.69) is 4.74 Å². The lowest BCUT2D eigenvalue weighted by atomic mass is 10.0. The number of rotatable bonds is 3. The van der Waals surface area contributed by atoms with Gasteiger partial charge < -0.3 is 4.74 Å². The van der Waals surface area contributed by atoms with Gasteiger partial charge in [0.2, 0.25) is 0 Å². The van der Waals surface area contributed by atoms with E-state index in [1.54, 1.807) is 0 Å². The third-order valence-corrected chi connectivity index (χ3v) is 1.99. The predicted octanol–water partition coefficient (Wildman–Crippen LogP) is 3.35. The topological polar surface area (TPSA) is 26.3 Å². The van der Waals surface area contributed by atoms with Crippen LogP contribution in [0.4, 0.5) is 17.6 Å². The molecule has 6 heteroatoms. The first kappa shape index (κ1) is 12.5. The first-order chi connectivity index (χ1) is 7.49. The summed E-state index contributed by atoms with van der Waals surface area (Å²) in [5.41, 5.74) is -2.25. The third kappa shape index (κ3) is 2.32. The molecule has 0 bridgehead atoms. The number of esters is 1. The summed E-state index contributed by atoms with van der Waals surface area (Å²) in [7, 11) is 0.944. The highest BCUT2D eigenvalue weighted by Gasteiger charge is 2.26. The molecule has 0 saturated heterocycles. The van der Waals surface area contributed by atoms with Gasteiger partial charge in [0.1, 0.15) is 0 Å². The second kappa shape index (κ2) is 4.96. The van der Waals surface area contributed by atoms with Gasteiger partial charge in [-0.1, -0.05) is 18.2 Å². The molecule has 0 saturated carbocycles. The zero-order valence-corrected chi connectivity index (χ0v) is 8.22. The maximum Gasteiger partial charge on any atom is 0.338 e. The summed E-state index contributed by atoms with van der Waals surface area (Å²) < 4.78 is 54.3. The van der Waals surface area contributed by atoms with Gasteiger partial charge in [-0.25, -0.2) is 22.4 Å². The molecule has 0 heterocycles. The van der Waals surface area contributed by atoms with E-state index in [9.17, 15) is 22.4 Å². The molecule has 0 radical (unpaired) electrons. The van der Waals surface area contributed by atoms with Crippen LogP contribution < -0.4 is 0 Å². The van der Waals surface area contributed by atoms with E-state index in [1.165, 1.54) is 0 Å². The van der Waals surface area contributed by atoms with Crippen molar-refractivity contribution in [2.45, 2.75) is 12.9 Å². The molecule has 0 fully saturated rings. The van der Waals surface area contributed by atoms with E-state index in [0.29, 0.717) is 0 Å². The molecule has 0 unspecified atom stereocenters. The Balaban J connectivity index is 3.41. The molecule has 88 valence electrons. The molecule has 1 rings (SSSR count). The summed E-state index contributed by atoms with van der Waals surface area (Å²) in [5.74, 6) is -1.19. The van der Waals surface area contributed by atoms with Gasteiger partial charge in [-0.2, -0.15) is 0 Å². The van der Waals surface area contributed by atoms with E-state index >= 15 is 0 Å². The molecule has 0 N–H and O–H groups in total. The van der Waals surface area contributed by atoms with E-state index < -0.39 is 35.5 Å². The van der Waals surface area contributed by atoms with Crippen molar-refractivity contribution in [3.05, 3.63) is 34.9 Å². The maximum atomic E-state index is 12.5. The second-order valence-corrected chi connectivity index (χ2v) is 2.90. The summed E-state index contributed by atoms with van der Waals surface area (Å²) in [5, 5.41) is 0. The minimum atomic E-state index is -3.01. The molecule has 0 atom stereocenters. The molecule has 0 spiro atoms. The van der Waals surface area contributed by atoms with Crippen molar-refractivity contribution in [3.8, 4) is 0 Å². The number of ether oxygens (including phenoxy) is 1. The van der Waals surface area contributed by atoms with Gasteiger partial charge in [0, 0.05) is 11.1 Å². The third-order valence-electron chi connectivity index (χ3n) is 1.99. The summed E-state index contributed by atoms with van der Waals surface area (Å²) in [6.07, 6.45) is -6.01. The van der Waals surface area contributed by atoms with Crippen molar-refractivity contribution in [3.63, 3.8) is 0 Å². The van der Waals surface area contributed by atoms with Gasteiger partial charge in [0.05, 0.1) is 12.7 Å². The van der Waals surface area contributed by atoms with E-state index in [0.717, 1.165) is 25.3 Å². The average molecular weight is 236 g/mol. The van der Waals surface area contributed by atoms with Crippen LogP contribution in [0.15, 0.2) is 18.2 Å². The fourth-order valence-corrected chi connectivity index (χ4v) is 1.29. The Morgan fingerprint density at radius 3 is 1.88 bits per heavy atom. The summed E-state index contributed by atoms with van der Waals surface area (Å²) in [4.78, 5) is 11.2. The Morgan fingerprint density at radius 1 is 1.12 bits per heavy atom. The van der Waals surface area contributed by atoms with Crippen LogP contribution in [0.1, 0.15) is 34.3 Å². The Bertz CT molecular complexity index is 364. The van der Waals surface area contributed by atoms with Crippen LogP contribution in [0.2, 0.25) is 0 Å². The van der Waals surface area contributed by atoms with Crippen LogP contribution >= 0.6 is 0 Å². The van der Waals surface area contributed by atoms with E-state index in [1.807, 2.05) is 0 Å². The van der Waals surface area contributed by atoms with E-state index in [-0.39, 0.29) is 0 Å². The van der Waals surface area contributed by atoms with Crippen molar-refractivity contribution in [1.82, 2.24) is 0 Å². The molecule has 1 aromatic rings. The smallest absolute Gasteiger partial charge is 0.338 e. The molecular formula is C10H8F4O2. The lowest BCUT2D eigenvalue weighted by Crippen LogP contribution is -2.10. The van der Waals surface area contributed by atoms with Crippen molar-refractivity contribution in [2.75, 3.05) is 7.11 Å². The summed E-state index contributed by atoms with van der Waals surface area (Å²) >= 11 is 0.